The van der Waals surface area contributed by atoms with Gasteiger partial charge in [-0.25, -0.2) is 9.07 Å². The van der Waals surface area contributed by atoms with Crippen molar-refractivity contribution in [2.24, 2.45) is 11.8 Å². The fraction of sp³-hybridized carbons (Fsp3) is 0.526. The number of hydrogen-bond acceptors (Lipinski definition) is 3. The lowest BCUT2D eigenvalue weighted by Crippen LogP contribution is -2.44. The molecule has 1 aliphatic heterocycles. The number of piperidine rings is 1. The molecule has 2 fully saturated rings. The zero-order chi connectivity index (χ0) is 16.8. The summed E-state index contributed by atoms with van der Waals surface area (Å²) >= 11 is 0. The molecule has 4 nitrogen and oxygen atoms in total. The predicted octanol–water partition coefficient (Wildman–Crippen LogP) is 2.83. The molecule has 1 saturated carbocycles. The molecular weight excluding hydrogens is 305 g/mol. The van der Waals surface area contributed by atoms with Gasteiger partial charge in [-0.15, -0.1) is 0 Å². The van der Waals surface area contributed by atoms with Crippen LogP contribution >= 0.6 is 0 Å². The van der Waals surface area contributed by atoms with Gasteiger partial charge in [0.1, 0.15) is 5.82 Å². The molecule has 4 rings (SSSR count). The molecule has 0 spiro atoms. The van der Waals surface area contributed by atoms with Crippen LogP contribution in [0.2, 0.25) is 0 Å². The SMILES string of the molecule is Cc1nn(-c2ccc(F)cc2)c(C)c1CN1CC2CCC(C1)C2O. The summed E-state index contributed by atoms with van der Waals surface area (Å²) in [4.78, 5) is 2.46. The van der Waals surface area contributed by atoms with Crippen LogP contribution in [0, 0.1) is 31.5 Å². The molecule has 128 valence electrons. The summed E-state index contributed by atoms with van der Waals surface area (Å²) in [6, 6.07) is 6.45. The molecule has 1 aliphatic carbocycles. The van der Waals surface area contributed by atoms with E-state index in [0.29, 0.717) is 11.8 Å². The van der Waals surface area contributed by atoms with Gasteiger partial charge in [0.15, 0.2) is 0 Å². The van der Waals surface area contributed by atoms with Crippen molar-refractivity contribution < 1.29 is 9.50 Å². The number of halogens is 1. The van der Waals surface area contributed by atoms with Gasteiger partial charge in [-0.05, 0) is 62.8 Å². The number of likely N-dealkylation sites (tertiary alicyclic amines) is 1. The van der Waals surface area contributed by atoms with E-state index in [1.165, 1.54) is 17.7 Å². The largest absolute Gasteiger partial charge is 0.392 e. The number of rotatable bonds is 3. The smallest absolute Gasteiger partial charge is 0.123 e. The summed E-state index contributed by atoms with van der Waals surface area (Å²) in [5.41, 5.74) is 4.26. The fourth-order valence-electron chi connectivity index (χ4n) is 4.38. The number of nitrogens with zero attached hydrogens (tertiary/aromatic N) is 3. The highest BCUT2D eigenvalue weighted by Crippen LogP contribution is 2.37. The third kappa shape index (κ3) is 2.66. The molecule has 1 aromatic heterocycles. The Morgan fingerprint density at radius 1 is 1.12 bits per heavy atom. The van der Waals surface area contributed by atoms with Crippen LogP contribution in [-0.4, -0.2) is 39.0 Å². The molecule has 2 aliphatic rings. The average Bonchev–Trinajstić information content (AvgIpc) is 2.94. The van der Waals surface area contributed by atoms with E-state index in [9.17, 15) is 9.50 Å². The topological polar surface area (TPSA) is 41.3 Å². The summed E-state index contributed by atoms with van der Waals surface area (Å²) in [5, 5.41) is 14.9. The van der Waals surface area contributed by atoms with Crippen molar-refractivity contribution in [2.45, 2.75) is 39.3 Å². The monoisotopic (exact) mass is 329 g/mol. The minimum absolute atomic E-state index is 0.106. The molecule has 2 unspecified atom stereocenters. The third-order valence-electron chi connectivity index (χ3n) is 5.75. The Balaban J connectivity index is 1.57. The maximum atomic E-state index is 13.2. The second-order valence-corrected chi connectivity index (χ2v) is 7.32. The van der Waals surface area contributed by atoms with E-state index in [4.69, 9.17) is 0 Å². The first-order chi connectivity index (χ1) is 11.5. The number of aliphatic hydroxyl groups is 1. The number of aromatic nitrogens is 2. The average molecular weight is 329 g/mol. The Morgan fingerprint density at radius 3 is 2.38 bits per heavy atom. The lowest BCUT2D eigenvalue weighted by Gasteiger charge is -2.35. The van der Waals surface area contributed by atoms with Crippen LogP contribution in [0.5, 0.6) is 0 Å². The van der Waals surface area contributed by atoms with Crippen molar-refractivity contribution >= 4 is 0 Å². The molecule has 1 N–H and O–H groups in total. The first-order valence-corrected chi connectivity index (χ1v) is 8.74. The Bertz CT molecular complexity index is 726. The van der Waals surface area contributed by atoms with Crippen LogP contribution < -0.4 is 0 Å². The molecule has 0 amide bonds. The van der Waals surface area contributed by atoms with Gasteiger partial charge < -0.3 is 5.11 Å². The molecule has 1 aromatic carbocycles. The Kier molecular flexibility index (Phi) is 3.93. The highest BCUT2D eigenvalue weighted by atomic mass is 19.1. The van der Waals surface area contributed by atoms with Crippen molar-refractivity contribution in [2.75, 3.05) is 13.1 Å². The van der Waals surface area contributed by atoms with Crippen LogP contribution in [-0.2, 0) is 6.54 Å². The minimum Gasteiger partial charge on any atom is -0.392 e. The quantitative estimate of drug-likeness (QED) is 0.941. The van der Waals surface area contributed by atoms with Gasteiger partial charge in [0.2, 0.25) is 0 Å². The lowest BCUT2D eigenvalue weighted by molar-refractivity contribution is 0.0137. The van der Waals surface area contributed by atoms with Crippen molar-refractivity contribution in [3.8, 4) is 5.69 Å². The molecule has 2 heterocycles. The van der Waals surface area contributed by atoms with E-state index in [2.05, 4.69) is 16.9 Å². The third-order valence-corrected chi connectivity index (χ3v) is 5.75. The number of benzene rings is 1. The maximum absolute atomic E-state index is 13.2. The van der Waals surface area contributed by atoms with Gasteiger partial charge in [0, 0.05) is 30.9 Å². The van der Waals surface area contributed by atoms with Crippen molar-refractivity contribution in [3.05, 3.63) is 47.0 Å². The number of aliphatic hydroxyl groups excluding tert-OH is 1. The highest BCUT2D eigenvalue weighted by molar-refractivity contribution is 5.37. The minimum atomic E-state index is -0.233. The molecular formula is C19H24FN3O. The van der Waals surface area contributed by atoms with E-state index in [1.807, 2.05) is 11.6 Å². The second kappa shape index (κ2) is 5.97. The Morgan fingerprint density at radius 2 is 1.75 bits per heavy atom. The van der Waals surface area contributed by atoms with Crippen LogP contribution in [0.25, 0.3) is 5.69 Å². The van der Waals surface area contributed by atoms with Gasteiger partial charge in [-0.2, -0.15) is 5.10 Å². The summed E-state index contributed by atoms with van der Waals surface area (Å²) < 4.78 is 15.1. The maximum Gasteiger partial charge on any atom is 0.123 e. The normalized spacial score (nSPS) is 26.9. The predicted molar refractivity (Wildman–Crippen MR) is 90.5 cm³/mol. The highest BCUT2D eigenvalue weighted by Gasteiger charge is 2.40. The molecule has 24 heavy (non-hydrogen) atoms. The first kappa shape index (κ1) is 15.8. The summed E-state index contributed by atoms with van der Waals surface area (Å²) in [6.45, 7) is 6.93. The zero-order valence-electron chi connectivity index (χ0n) is 14.2. The van der Waals surface area contributed by atoms with E-state index in [1.54, 1.807) is 12.1 Å². The van der Waals surface area contributed by atoms with Gasteiger partial charge in [0.05, 0.1) is 17.5 Å². The number of aryl methyl sites for hydroxylation is 1. The summed E-state index contributed by atoms with van der Waals surface area (Å²) in [6.07, 6.45) is 2.19. The Labute approximate surface area is 141 Å². The number of fused-ring (bicyclic) bond motifs is 2. The molecule has 2 bridgehead atoms. The van der Waals surface area contributed by atoms with Crippen LogP contribution in [0.3, 0.4) is 0 Å². The van der Waals surface area contributed by atoms with E-state index < -0.39 is 0 Å². The zero-order valence-corrected chi connectivity index (χ0v) is 14.2. The molecule has 0 radical (unpaired) electrons. The van der Waals surface area contributed by atoms with Gasteiger partial charge in [-0.3, -0.25) is 4.90 Å². The van der Waals surface area contributed by atoms with Crippen LogP contribution in [0.1, 0.15) is 29.8 Å². The van der Waals surface area contributed by atoms with Gasteiger partial charge in [0.25, 0.3) is 0 Å². The summed E-state index contributed by atoms with van der Waals surface area (Å²) in [7, 11) is 0. The molecule has 2 aromatic rings. The first-order valence-electron chi connectivity index (χ1n) is 8.74. The fourth-order valence-corrected chi connectivity index (χ4v) is 4.38. The second-order valence-electron chi connectivity index (χ2n) is 7.32. The molecule has 1 saturated heterocycles. The van der Waals surface area contributed by atoms with Crippen molar-refractivity contribution in [1.82, 2.24) is 14.7 Å². The molecule has 5 heteroatoms. The van der Waals surface area contributed by atoms with E-state index >= 15 is 0 Å². The van der Waals surface area contributed by atoms with Crippen LogP contribution in [0.4, 0.5) is 4.39 Å². The van der Waals surface area contributed by atoms with Crippen molar-refractivity contribution in [1.29, 1.82) is 0 Å². The van der Waals surface area contributed by atoms with Gasteiger partial charge >= 0.3 is 0 Å². The van der Waals surface area contributed by atoms with E-state index in [0.717, 1.165) is 49.6 Å². The molecule has 2 atom stereocenters. The number of hydrogen-bond donors (Lipinski definition) is 1. The summed E-state index contributed by atoms with van der Waals surface area (Å²) in [5.74, 6) is 0.621. The van der Waals surface area contributed by atoms with Crippen molar-refractivity contribution in [3.63, 3.8) is 0 Å². The standard InChI is InChI=1S/C19H24FN3O/c1-12-18(11-22-9-14-3-4-15(10-22)19(14)24)13(2)23(21-12)17-7-5-16(20)6-8-17/h5-8,14-15,19,24H,3-4,9-11H2,1-2H3. The Hall–Kier alpha value is -1.72. The van der Waals surface area contributed by atoms with E-state index in [-0.39, 0.29) is 11.9 Å². The van der Waals surface area contributed by atoms with Crippen LogP contribution in [0.15, 0.2) is 24.3 Å². The lowest BCUT2D eigenvalue weighted by atomic mass is 9.94. The van der Waals surface area contributed by atoms with Gasteiger partial charge in [-0.1, -0.05) is 0 Å².